The third kappa shape index (κ3) is 2.70. The van der Waals surface area contributed by atoms with Crippen LogP contribution in [-0.4, -0.2) is 27.3 Å². The maximum absolute atomic E-state index is 12.0. The van der Waals surface area contributed by atoms with E-state index in [-0.39, 0.29) is 0 Å². The molecular formula is C17H18O4. The standard InChI is InChI=1S/C17H18O4/c1-11-13(17(18)21-4)10-14(19-2)16(20-3)15(11)12-8-6-5-7-9-12/h5-10H,1-4H3. The highest BCUT2D eigenvalue weighted by atomic mass is 16.5. The lowest BCUT2D eigenvalue weighted by atomic mass is 9.94. The molecule has 2 aromatic carbocycles. The van der Waals surface area contributed by atoms with Crippen LogP contribution in [0.25, 0.3) is 11.1 Å². The Balaban J connectivity index is 2.79. The SMILES string of the molecule is COC(=O)c1cc(OC)c(OC)c(-c2ccccc2)c1C. The quantitative estimate of drug-likeness (QED) is 0.807. The van der Waals surface area contributed by atoms with E-state index < -0.39 is 5.97 Å². The van der Waals surface area contributed by atoms with Crippen LogP contribution in [0.5, 0.6) is 11.5 Å². The summed E-state index contributed by atoms with van der Waals surface area (Å²) in [5, 5.41) is 0. The van der Waals surface area contributed by atoms with Crippen molar-refractivity contribution in [1.82, 2.24) is 0 Å². The maximum atomic E-state index is 12.0. The molecule has 4 nitrogen and oxygen atoms in total. The van der Waals surface area contributed by atoms with Gasteiger partial charge in [0.25, 0.3) is 0 Å². The molecule has 0 bridgehead atoms. The summed E-state index contributed by atoms with van der Waals surface area (Å²) in [6.07, 6.45) is 0. The average Bonchev–Trinajstić information content (AvgIpc) is 2.54. The monoisotopic (exact) mass is 286 g/mol. The summed E-state index contributed by atoms with van der Waals surface area (Å²) in [6, 6.07) is 11.4. The fourth-order valence-electron chi connectivity index (χ4n) is 2.36. The molecule has 4 heteroatoms. The number of hydrogen-bond acceptors (Lipinski definition) is 4. The van der Waals surface area contributed by atoms with Crippen LogP contribution in [-0.2, 0) is 4.74 Å². The minimum Gasteiger partial charge on any atom is -0.493 e. The Morgan fingerprint density at radius 1 is 1.00 bits per heavy atom. The molecule has 2 rings (SSSR count). The van der Waals surface area contributed by atoms with Gasteiger partial charge in [-0.05, 0) is 24.1 Å². The van der Waals surface area contributed by atoms with Gasteiger partial charge in [0, 0.05) is 5.56 Å². The van der Waals surface area contributed by atoms with Crippen molar-refractivity contribution in [2.24, 2.45) is 0 Å². The molecule has 0 atom stereocenters. The second kappa shape index (κ2) is 6.31. The van der Waals surface area contributed by atoms with E-state index in [4.69, 9.17) is 14.2 Å². The normalized spacial score (nSPS) is 10.1. The number of hydrogen-bond donors (Lipinski definition) is 0. The molecule has 0 N–H and O–H groups in total. The van der Waals surface area contributed by atoms with Crippen LogP contribution in [0.3, 0.4) is 0 Å². The zero-order valence-electron chi connectivity index (χ0n) is 12.6. The van der Waals surface area contributed by atoms with Gasteiger partial charge in [0.15, 0.2) is 11.5 Å². The molecule has 0 saturated carbocycles. The van der Waals surface area contributed by atoms with E-state index in [9.17, 15) is 4.79 Å². The van der Waals surface area contributed by atoms with Gasteiger partial charge in [-0.15, -0.1) is 0 Å². The Labute approximate surface area is 124 Å². The van der Waals surface area contributed by atoms with Gasteiger partial charge in [-0.1, -0.05) is 30.3 Å². The van der Waals surface area contributed by atoms with Gasteiger partial charge in [0.05, 0.1) is 26.9 Å². The summed E-state index contributed by atoms with van der Waals surface area (Å²) in [6.45, 7) is 1.87. The lowest BCUT2D eigenvalue weighted by molar-refractivity contribution is 0.0599. The van der Waals surface area contributed by atoms with E-state index in [1.165, 1.54) is 7.11 Å². The molecule has 0 aliphatic carbocycles. The molecule has 0 saturated heterocycles. The van der Waals surface area contributed by atoms with E-state index in [1.54, 1.807) is 20.3 Å². The fourth-order valence-corrected chi connectivity index (χ4v) is 2.36. The zero-order chi connectivity index (χ0) is 15.4. The van der Waals surface area contributed by atoms with Crippen molar-refractivity contribution in [3.63, 3.8) is 0 Å². The van der Waals surface area contributed by atoms with Gasteiger partial charge in [-0.3, -0.25) is 0 Å². The minimum atomic E-state index is -0.398. The van der Waals surface area contributed by atoms with Crippen LogP contribution in [0.2, 0.25) is 0 Å². The topological polar surface area (TPSA) is 44.8 Å². The highest BCUT2D eigenvalue weighted by molar-refractivity contribution is 5.96. The van der Waals surface area contributed by atoms with E-state index in [2.05, 4.69) is 0 Å². The van der Waals surface area contributed by atoms with Gasteiger partial charge < -0.3 is 14.2 Å². The summed E-state index contributed by atoms with van der Waals surface area (Å²) >= 11 is 0. The van der Waals surface area contributed by atoms with Crippen molar-refractivity contribution in [3.8, 4) is 22.6 Å². The summed E-state index contributed by atoms with van der Waals surface area (Å²) in [5.41, 5.74) is 3.05. The number of methoxy groups -OCH3 is 3. The Kier molecular flexibility index (Phi) is 4.48. The molecule has 0 aliphatic heterocycles. The van der Waals surface area contributed by atoms with E-state index in [1.807, 2.05) is 37.3 Å². The number of benzene rings is 2. The van der Waals surface area contributed by atoms with Crippen LogP contribution < -0.4 is 9.47 Å². The van der Waals surface area contributed by atoms with Crippen LogP contribution in [0.15, 0.2) is 36.4 Å². The van der Waals surface area contributed by atoms with Crippen LogP contribution in [0.4, 0.5) is 0 Å². The van der Waals surface area contributed by atoms with Crippen LogP contribution in [0, 0.1) is 6.92 Å². The first-order valence-corrected chi connectivity index (χ1v) is 6.53. The first kappa shape index (κ1) is 14.9. The lowest BCUT2D eigenvalue weighted by Gasteiger charge is -2.18. The fraction of sp³-hybridized carbons (Fsp3) is 0.235. The van der Waals surface area contributed by atoms with E-state index in [0.29, 0.717) is 17.1 Å². The van der Waals surface area contributed by atoms with Crippen LogP contribution in [0.1, 0.15) is 15.9 Å². The Morgan fingerprint density at radius 3 is 2.19 bits per heavy atom. The first-order chi connectivity index (χ1) is 10.1. The molecule has 0 spiro atoms. The number of rotatable bonds is 4. The van der Waals surface area contributed by atoms with Crippen molar-refractivity contribution in [2.45, 2.75) is 6.92 Å². The van der Waals surface area contributed by atoms with Crippen molar-refractivity contribution in [2.75, 3.05) is 21.3 Å². The van der Waals surface area contributed by atoms with Crippen molar-refractivity contribution in [1.29, 1.82) is 0 Å². The predicted molar refractivity (Wildman–Crippen MR) is 81.1 cm³/mol. The number of carbonyl (C=O) groups is 1. The predicted octanol–water partition coefficient (Wildman–Crippen LogP) is 3.47. The molecule has 0 aromatic heterocycles. The molecule has 0 fully saturated rings. The van der Waals surface area contributed by atoms with E-state index >= 15 is 0 Å². The van der Waals surface area contributed by atoms with Gasteiger partial charge in [0.2, 0.25) is 0 Å². The molecule has 0 radical (unpaired) electrons. The number of carbonyl (C=O) groups excluding carboxylic acids is 1. The summed E-state index contributed by atoms with van der Waals surface area (Å²) < 4.78 is 15.7. The smallest absolute Gasteiger partial charge is 0.338 e. The number of esters is 1. The zero-order valence-corrected chi connectivity index (χ0v) is 12.6. The molecule has 0 heterocycles. The molecular weight excluding hydrogens is 268 g/mol. The highest BCUT2D eigenvalue weighted by Crippen LogP contribution is 2.42. The third-order valence-corrected chi connectivity index (χ3v) is 3.40. The Bertz CT molecular complexity index is 648. The van der Waals surface area contributed by atoms with Gasteiger partial charge in [0.1, 0.15) is 0 Å². The first-order valence-electron chi connectivity index (χ1n) is 6.53. The highest BCUT2D eigenvalue weighted by Gasteiger charge is 2.22. The van der Waals surface area contributed by atoms with Gasteiger partial charge >= 0.3 is 5.97 Å². The van der Waals surface area contributed by atoms with Crippen molar-refractivity contribution in [3.05, 3.63) is 47.5 Å². The Morgan fingerprint density at radius 2 is 1.67 bits per heavy atom. The third-order valence-electron chi connectivity index (χ3n) is 3.40. The molecule has 0 aliphatic rings. The lowest BCUT2D eigenvalue weighted by Crippen LogP contribution is -2.07. The van der Waals surface area contributed by atoms with E-state index in [0.717, 1.165) is 16.7 Å². The number of ether oxygens (including phenoxy) is 3. The molecule has 2 aromatic rings. The molecule has 110 valence electrons. The summed E-state index contributed by atoms with van der Waals surface area (Å²) in [4.78, 5) is 12.0. The summed E-state index contributed by atoms with van der Waals surface area (Å²) in [5.74, 6) is 0.710. The Hall–Kier alpha value is -2.49. The van der Waals surface area contributed by atoms with Crippen molar-refractivity contribution >= 4 is 5.97 Å². The van der Waals surface area contributed by atoms with Gasteiger partial charge in [-0.25, -0.2) is 4.79 Å². The summed E-state index contributed by atoms with van der Waals surface area (Å²) in [7, 11) is 4.49. The second-order valence-corrected chi connectivity index (χ2v) is 4.52. The molecule has 21 heavy (non-hydrogen) atoms. The van der Waals surface area contributed by atoms with Crippen LogP contribution >= 0.6 is 0 Å². The minimum absolute atomic E-state index is 0.398. The van der Waals surface area contributed by atoms with Gasteiger partial charge in [-0.2, -0.15) is 0 Å². The maximum Gasteiger partial charge on any atom is 0.338 e. The molecule has 0 amide bonds. The largest absolute Gasteiger partial charge is 0.493 e. The van der Waals surface area contributed by atoms with Crippen molar-refractivity contribution < 1.29 is 19.0 Å². The second-order valence-electron chi connectivity index (χ2n) is 4.52. The molecule has 0 unspecified atom stereocenters. The average molecular weight is 286 g/mol.